The van der Waals surface area contributed by atoms with Gasteiger partial charge in [0.15, 0.2) is 0 Å². The molecule has 0 saturated carbocycles. The van der Waals surface area contributed by atoms with Gasteiger partial charge >= 0.3 is 0 Å². The van der Waals surface area contributed by atoms with Crippen molar-refractivity contribution in [3.05, 3.63) is 53.6 Å². The van der Waals surface area contributed by atoms with E-state index in [-0.39, 0.29) is 17.8 Å². The summed E-state index contributed by atoms with van der Waals surface area (Å²) in [7, 11) is 0. The van der Waals surface area contributed by atoms with E-state index in [1.807, 2.05) is 13.0 Å². The van der Waals surface area contributed by atoms with E-state index in [2.05, 4.69) is 20.9 Å². The fourth-order valence-electron chi connectivity index (χ4n) is 2.21. The maximum atomic E-state index is 14.0. The van der Waals surface area contributed by atoms with Gasteiger partial charge in [0.2, 0.25) is 0 Å². The summed E-state index contributed by atoms with van der Waals surface area (Å²) in [5, 5.41) is 8.96. The van der Waals surface area contributed by atoms with E-state index in [4.69, 9.17) is 0 Å². The summed E-state index contributed by atoms with van der Waals surface area (Å²) in [6.45, 7) is 3.36. The van der Waals surface area contributed by atoms with E-state index in [9.17, 15) is 9.18 Å². The van der Waals surface area contributed by atoms with Crippen LogP contribution < -0.4 is 16.0 Å². The first-order valence-electron chi connectivity index (χ1n) is 7.12. The van der Waals surface area contributed by atoms with Crippen LogP contribution in [0.3, 0.4) is 0 Å². The number of hydrogen-bond acceptors (Lipinski definition) is 4. The van der Waals surface area contributed by atoms with Crippen molar-refractivity contribution in [2.45, 2.75) is 13.0 Å². The number of nitrogens with one attached hydrogen (secondary N) is 3. The van der Waals surface area contributed by atoms with Gasteiger partial charge in [-0.2, -0.15) is 0 Å². The molecule has 2 heterocycles. The van der Waals surface area contributed by atoms with Gasteiger partial charge in [-0.05, 0) is 30.7 Å². The van der Waals surface area contributed by atoms with Crippen molar-refractivity contribution in [3.8, 4) is 0 Å². The molecule has 1 aromatic heterocycles. The second-order valence-electron chi connectivity index (χ2n) is 5.36. The summed E-state index contributed by atoms with van der Waals surface area (Å²) in [5.41, 5.74) is 2.08. The highest BCUT2D eigenvalue weighted by molar-refractivity contribution is 6.00. The van der Waals surface area contributed by atoms with E-state index in [0.29, 0.717) is 16.9 Å². The zero-order valence-electron chi connectivity index (χ0n) is 12.2. The molecule has 0 radical (unpaired) electrons. The number of anilines is 2. The fraction of sp³-hybridized carbons (Fsp3) is 0.250. The van der Waals surface area contributed by atoms with Crippen molar-refractivity contribution in [1.82, 2.24) is 15.6 Å². The first kappa shape index (κ1) is 14.5. The highest BCUT2D eigenvalue weighted by atomic mass is 19.1. The average Bonchev–Trinajstić information content (AvgIpc) is 2.46. The molecule has 0 spiro atoms. The Kier molecular flexibility index (Phi) is 4.02. The third kappa shape index (κ3) is 3.07. The van der Waals surface area contributed by atoms with E-state index < -0.39 is 0 Å². The van der Waals surface area contributed by atoms with Crippen LogP contribution in [0.25, 0.3) is 0 Å². The molecule has 1 saturated heterocycles. The lowest BCUT2D eigenvalue weighted by molar-refractivity contribution is 0.0924. The molecule has 3 rings (SSSR count). The molecule has 0 atom stereocenters. The first-order chi connectivity index (χ1) is 10.6. The number of nitrogens with zero attached hydrogens (tertiary/aromatic N) is 1. The van der Waals surface area contributed by atoms with E-state index >= 15 is 0 Å². The Labute approximate surface area is 128 Å². The van der Waals surface area contributed by atoms with Crippen molar-refractivity contribution >= 4 is 17.3 Å². The maximum absolute atomic E-state index is 14.0. The van der Waals surface area contributed by atoms with Gasteiger partial charge in [-0.1, -0.05) is 6.07 Å². The number of hydrogen-bond donors (Lipinski definition) is 3. The normalized spacial score (nSPS) is 14.3. The molecule has 1 aliphatic heterocycles. The van der Waals surface area contributed by atoms with Crippen LogP contribution in [0.4, 0.5) is 15.8 Å². The lowest BCUT2D eigenvalue weighted by Crippen LogP contribution is -2.56. The predicted molar refractivity (Wildman–Crippen MR) is 82.8 cm³/mol. The Hall–Kier alpha value is -2.47. The van der Waals surface area contributed by atoms with E-state index in [0.717, 1.165) is 18.7 Å². The molecular formula is C16H17FN4O. The van der Waals surface area contributed by atoms with Gasteiger partial charge in [0.1, 0.15) is 5.82 Å². The Morgan fingerprint density at radius 1 is 1.32 bits per heavy atom. The summed E-state index contributed by atoms with van der Waals surface area (Å²) in [6, 6.07) is 6.66. The second-order valence-corrected chi connectivity index (χ2v) is 5.36. The third-order valence-corrected chi connectivity index (χ3v) is 3.58. The number of aromatic nitrogens is 1. The Balaban J connectivity index is 1.82. The average molecular weight is 300 g/mol. The molecule has 114 valence electrons. The molecule has 6 heteroatoms. The Bertz CT molecular complexity index is 700. The molecule has 1 aromatic carbocycles. The Morgan fingerprint density at radius 2 is 2.14 bits per heavy atom. The molecule has 1 amide bonds. The molecule has 0 bridgehead atoms. The molecule has 22 heavy (non-hydrogen) atoms. The minimum absolute atomic E-state index is 0.143. The molecular weight excluding hydrogens is 283 g/mol. The molecule has 2 aromatic rings. The zero-order chi connectivity index (χ0) is 15.5. The second kappa shape index (κ2) is 6.11. The molecule has 1 aliphatic rings. The molecule has 1 fully saturated rings. The number of pyridine rings is 1. The van der Waals surface area contributed by atoms with Crippen LogP contribution in [-0.4, -0.2) is 30.0 Å². The summed E-state index contributed by atoms with van der Waals surface area (Å²) in [4.78, 5) is 16.3. The van der Waals surface area contributed by atoms with Gasteiger partial charge in [0, 0.05) is 19.3 Å². The van der Waals surface area contributed by atoms with Crippen LogP contribution >= 0.6 is 0 Å². The highest BCUT2D eigenvalue weighted by Gasteiger charge is 2.21. The van der Waals surface area contributed by atoms with Gasteiger partial charge in [-0.15, -0.1) is 0 Å². The third-order valence-electron chi connectivity index (χ3n) is 3.58. The first-order valence-corrected chi connectivity index (χ1v) is 7.12. The topological polar surface area (TPSA) is 66.0 Å². The van der Waals surface area contributed by atoms with Crippen LogP contribution in [0.5, 0.6) is 0 Å². The van der Waals surface area contributed by atoms with E-state index in [1.54, 1.807) is 18.3 Å². The quantitative estimate of drug-likeness (QED) is 0.808. The SMILES string of the molecule is Cc1ccc(Nc2cnccc2C(=O)NC2CNC2)c(F)c1. The van der Waals surface area contributed by atoms with Gasteiger partial charge in [-0.3, -0.25) is 9.78 Å². The molecule has 3 N–H and O–H groups in total. The number of carbonyl (C=O) groups excluding carboxylic acids is 1. The lowest BCUT2D eigenvalue weighted by atomic mass is 10.1. The zero-order valence-corrected chi connectivity index (χ0v) is 12.2. The summed E-state index contributed by atoms with van der Waals surface area (Å²) >= 11 is 0. The van der Waals surface area contributed by atoms with Crippen molar-refractivity contribution in [1.29, 1.82) is 0 Å². The van der Waals surface area contributed by atoms with Gasteiger partial charge in [0.05, 0.1) is 29.2 Å². The number of rotatable bonds is 4. The Morgan fingerprint density at radius 3 is 2.82 bits per heavy atom. The van der Waals surface area contributed by atoms with Gasteiger partial charge < -0.3 is 16.0 Å². The summed E-state index contributed by atoms with van der Waals surface area (Å²) < 4.78 is 14.0. The van der Waals surface area contributed by atoms with E-state index in [1.165, 1.54) is 12.3 Å². The van der Waals surface area contributed by atoms with Crippen LogP contribution in [0.1, 0.15) is 15.9 Å². The summed E-state index contributed by atoms with van der Waals surface area (Å²) in [5.74, 6) is -0.553. The summed E-state index contributed by atoms with van der Waals surface area (Å²) in [6.07, 6.45) is 3.07. The van der Waals surface area contributed by atoms with Crippen molar-refractivity contribution in [3.63, 3.8) is 0 Å². The number of amides is 1. The smallest absolute Gasteiger partial charge is 0.253 e. The minimum Gasteiger partial charge on any atom is -0.351 e. The highest BCUT2D eigenvalue weighted by Crippen LogP contribution is 2.23. The maximum Gasteiger partial charge on any atom is 0.253 e. The van der Waals surface area contributed by atoms with Gasteiger partial charge in [0.25, 0.3) is 5.91 Å². The fourth-order valence-corrected chi connectivity index (χ4v) is 2.21. The predicted octanol–water partition coefficient (Wildman–Crippen LogP) is 1.97. The van der Waals surface area contributed by atoms with Crippen molar-refractivity contribution in [2.75, 3.05) is 18.4 Å². The largest absolute Gasteiger partial charge is 0.351 e. The van der Waals surface area contributed by atoms with Crippen molar-refractivity contribution in [2.24, 2.45) is 0 Å². The standard InChI is InChI=1S/C16H17FN4O/c1-10-2-3-14(13(17)6-10)21-15-9-18-5-4-12(15)16(22)20-11-7-19-8-11/h2-6,9,11,19,21H,7-8H2,1H3,(H,20,22). The molecule has 5 nitrogen and oxygen atoms in total. The monoisotopic (exact) mass is 300 g/mol. The van der Waals surface area contributed by atoms with Crippen LogP contribution in [-0.2, 0) is 0 Å². The minimum atomic E-state index is -0.363. The van der Waals surface area contributed by atoms with Crippen LogP contribution in [0.15, 0.2) is 36.7 Å². The van der Waals surface area contributed by atoms with Crippen molar-refractivity contribution < 1.29 is 9.18 Å². The molecule has 0 aliphatic carbocycles. The van der Waals surface area contributed by atoms with Crippen LogP contribution in [0.2, 0.25) is 0 Å². The van der Waals surface area contributed by atoms with Crippen LogP contribution in [0, 0.1) is 12.7 Å². The number of halogens is 1. The number of benzene rings is 1. The number of carbonyl (C=O) groups is 1. The lowest BCUT2D eigenvalue weighted by Gasteiger charge is -2.28. The molecule has 0 unspecified atom stereocenters. The van der Waals surface area contributed by atoms with Gasteiger partial charge in [-0.25, -0.2) is 4.39 Å². The number of aryl methyl sites for hydroxylation is 1.